The Labute approximate surface area is 177 Å². The van der Waals surface area contributed by atoms with Crippen LogP contribution in [0.4, 0.5) is 11.4 Å². The molecule has 0 radical (unpaired) electrons. The number of amides is 2. The van der Waals surface area contributed by atoms with Crippen molar-refractivity contribution in [1.29, 1.82) is 0 Å². The van der Waals surface area contributed by atoms with Gasteiger partial charge < -0.3 is 10.4 Å². The zero-order valence-corrected chi connectivity index (χ0v) is 16.5. The number of hydrogen-bond donors (Lipinski definition) is 2. The molecule has 4 rings (SSSR count). The smallest absolute Gasteiger partial charge is 0.300 e. The molecule has 3 aromatic rings. The third kappa shape index (κ3) is 3.78. The van der Waals surface area contributed by atoms with Crippen molar-refractivity contribution < 1.29 is 19.5 Å². The fourth-order valence-electron chi connectivity index (χ4n) is 3.56. The summed E-state index contributed by atoms with van der Waals surface area (Å²) in [6.45, 7) is 1.38. The molecule has 2 aromatic heterocycles. The van der Waals surface area contributed by atoms with Crippen LogP contribution in [0.25, 0.3) is 5.76 Å². The van der Waals surface area contributed by atoms with Crippen LogP contribution in [0, 0.1) is 0 Å². The van der Waals surface area contributed by atoms with E-state index in [0.29, 0.717) is 22.5 Å². The third-order valence-corrected chi connectivity index (χ3v) is 4.86. The maximum Gasteiger partial charge on any atom is 0.300 e. The lowest BCUT2D eigenvalue weighted by atomic mass is 9.96. The number of anilines is 2. The fraction of sp³-hybridized carbons (Fsp3) is 0.0870. The minimum absolute atomic E-state index is 0.0349. The van der Waals surface area contributed by atoms with Gasteiger partial charge >= 0.3 is 0 Å². The standard InChI is InChI=1S/C23H18N4O4/c1-14(28)26-17-3-2-4-18(13-17)27-20(15-5-9-24-10-6-15)19(22(30)23(27)31)21(29)16-7-11-25-12-8-16/h2-13,20,29H,1H3,(H,26,28)/b21-19+. The Morgan fingerprint density at radius 3 is 2.29 bits per heavy atom. The highest BCUT2D eigenvalue weighted by Crippen LogP contribution is 2.42. The van der Waals surface area contributed by atoms with Crippen molar-refractivity contribution in [1.82, 2.24) is 9.97 Å². The van der Waals surface area contributed by atoms with Gasteiger partial charge in [-0.2, -0.15) is 0 Å². The van der Waals surface area contributed by atoms with Gasteiger partial charge in [0.2, 0.25) is 5.91 Å². The van der Waals surface area contributed by atoms with Crippen LogP contribution >= 0.6 is 0 Å². The molecule has 2 N–H and O–H groups in total. The van der Waals surface area contributed by atoms with Crippen molar-refractivity contribution in [2.24, 2.45) is 0 Å². The molecule has 8 nitrogen and oxygen atoms in total. The van der Waals surface area contributed by atoms with E-state index in [4.69, 9.17) is 0 Å². The molecule has 1 aliphatic heterocycles. The SMILES string of the molecule is CC(=O)Nc1cccc(N2C(=O)C(=O)/C(=C(/O)c3ccncc3)C2c2ccncc2)c1. The first kappa shape index (κ1) is 20.0. The molecule has 154 valence electrons. The summed E-state index contributed by atoms with van der Waals surface area (Å²) >= 11 is 0. The molecule has 0 saturated carbocycles. The summed E-state index contributed by atoms with van der Waals surface area (Å²) in [6, 6.07) is 12.2. The van der Waals surface area contributed by atoms with E-state index in [2.05, 4.69) is 15.3 Å². The number of aliphatic hydroxyl groups excluding tert-OH is 1. The number of nitrogens with zero attached hydrogens (tertiary/aromatic N) is 3. The number of nitrogens with one attached hydrogen (secondary N) is 1. The molecule has 0 bridgehead atoms. The Balaban J connectivity index is 1.90. The molecule has 1 unspecified atom stereocenters. The average Bonchev–Trinajstić information content (AvgIpc) is 3.05. The summed E-state index contributed by atoms with van der Waals surface area (Å²) in [5.74, 6) is -2.14. The second kappa shape index (κ2) is 8.19. The first-order chi connectivity index (χ1) is 15.0. The summed E-state index contributed by atoms with van der Waals surface area (Å²) < 4.78 is 0. The molecule has 1 fully saturated rings. The summed E-state index contributed by atoms with van der Waals surface area (Å²) in [7, 11) is 0. The van der Waals surface area contributed by atoms with Gasteiger partial charge in [0.15, 0.2) is 0 Å². The van der Waals surface area contributed by atoms with Crippen molar-refractivity contribution in [3.8, 4) is 0 Å². The predicted molar refractivity (Wildman–Crippen MR) is 114 cm³/mol. The van der Waals surface area contributed by atoms with Crippen molar-refractivity contribution in [3.05, 3.63) is 90.0 Å². The Bertz CT molecular complexity index is 1190. The van der Waals surface area contributed by atoms with Gasteiger partial charge in [-0.1, -0.05) is 6.07 Å². The van der Waals surface area contributed by atoms with E-state index in [0.717, 1.165) is 0 Å². The first-order valence-corrected chi connectivity index (χ1v) is 9.46. The molecule has 1 atom stereocenters. The maximum absolute atomic E-state index is 13.1. The topological polar surface area (TPSA) is 112 Å². The highest BCUT2D eigenvalue weighted by Gasteiger charge is 2.47. The van der Waals surface area contributed by atoms with Gasteiger partial charge in [0.05, 0.1) is 11.6 Å². The van der Waals surface area contributed by atoms with E-state index in [1.165, 1.54) is 24.2 Å². The van der Waals surface area contributed by atoms with Crippen LogP contribution in [0.3, 0.4) is 0 Å². The summed E-state index contributed by atoms with van der Waals surface area (Å²) in [5, 5.41) is 13.6. The molecule has 0 spiro atoms. The predicted octanol–water partition coefficient (Wildman–Crippen LogP) is 3.06. The van der Waals surface area contributed by atoms with Crippen LogP contribution in [0.1, 0.15) is 24.1 Å². The zero-order chi connectivity index (χ0) is 22.0. The molecular weight excluding hydrogens is 396 g/mol. The Morgan fingerprint density at radius 1 is 1.00 bits per heavy atom. The molecule has 1 saturated heterocycles. The van der Waals surface area contributed by atoms with E-state index in [1.807, 2.05) is 0 Å². The van der Waals surface area contributed by atoms with E-state index in [1.54, 1.807) is 60.9 Å². The third-order valence-electron chi connectivity index (χ3n) is 4.86. The number of hydrogen-bond acceptors (Lipinski definition) is 6. The van der Waals surface area contributed by atoms with Gasteiger partial charge in [0.25, 0.3) is 11.7 Å². The number of ketones is 1. The van der Waals surface area contributed by atoms with Crippen LogP contribution in [0.15, 0.2) is 78.9 Å². The number of benzene rings is 1. The lowest BCUT2D eigenvalue weighted by Crippen LogP contribution is -2.29. The summed E-state index contributed by atoms with van der Waals surface area (Å²) in [6.07, 6.45) is 6.08. The van der Waals surface area contributed by atoms with Gasteiger partial charge in [0, 0.05) is 48.6 Å². The monoisotopic (exact) mass is 414 g/mol. The first-order valence-electron chi connectivity index (χ1n) is 9.46. The number of aliphatic hydroxyl groups is 1. The summed E-state index contributed by atoms with van der Waals surface area (Å²) in [5.41, 5.74) is 1.83. The lowest BCUT2D eigenvalue weighted by molar-refractivity contribution is -0.132. The quantitative estimate of drug-likeness (QED) is 0.385. The highest BCUT2D eigenvalue weighted by molar-refractivity contribution is 6.51. The number of Topliss-reactive ketones (excluding diaryl/α,β-unsaturated/α-hetero) is 1. The Morgan fingerprint density at radius 2 is 1.65 bits per heavy atom. The van der Waals surface area contributed by atoms with Crippen LogP contribution < -0.4 is 10.2 Å². The van der Waals surface area contributed by atoms with Gasteiger partial charge in [0.1, 0.15) is 5.76 Å². The number of pyridine rings is 2. The molecular formula is C23H18N4O4. The lowest BCUT2D eigenvalue weighted by Gasteiger charge is -2.25. The van der Waals surface area contributed by atoms with Gasteiger partial charge in [-0.3, -0.25) is 29.3 Å². The molecule has 1 aliphatic rings. The van der Waals surface area contributed by atoms with Crippen LogP contribution in [-0.2, 0) is 14.4 Å². The van der Waals surface area contributed by atoms with Crippen LogP contribution in [-0.4, -0.2) is 32.7 Å². The average molecular weight is 414 g/mol. The van der Waals surface area contributed by atoms with Gasteiger partial charge in [-0.05, 0) is 48.0 Å². The second-order valence-corrected chi connectivity index (χ2v) is 6.92. The number of carbonyl (C=O) groups is 3. The normalized spacial score (nSPS) is 17.6. The Kier molecular flexibility index (Phi) is 5.28. The summed E-state index contributed by atoms with van der Waals surface area (Å²) in [4.78, 5) is 46.8. The van der Waals surface area contributed by atoms with E-state index < -0.39 is 17.7 Å². The number of aromatic nitrogens is 2. The molecule has 0 aliphatic carbocycles. The van der Waals surface area contributed by atoms with Crippen molar-refractivity contribution in [2.45, 2.75) is 13.0 Å². The van der Waals surface area contributed by atoms with Crippen LogP contribution in [0.5, 0.6) is 0 Å². The molecule has 31 heavy (non-hydrogen) atoms. The van der Waals surface area contributed by atoms with E-state index in [9.17, 15) is 19.5 Å². The highest BCUT2D eigenvalue weighted by atomic mass is 16.3. The van der Waals surface area contributed by atoms with E-state index >= 15 is 0 Å². The second-order valence-electron chi connectivity index (χ2n) is 6.92. The number of rotatable bonds is 4. The fourth-order valence-corrected chi connectivity index (χ4v) is 3.56. The number of carbonyl (C=O) groups excluding carboxylic acids is 3. The van der Waals surface area contributed by atoms with Crippen molar-refractivity contribution in [3.63, 3.8) is 0 Å². The minimum Gasteiger partial charge on any atom is -0.507 e. The molecule has 8 heteroatoms. The van der Waals surface area contributed by atoms with Crippen molar-refractivity contribution >= 4 is 34.7 Å². The molecule has 2 amide bonds. The van der Waals surface area contributed by atoms with E-state index in [-0.39, 0.29) is 17.2 Å². The van der Waals surface area contributed by atoms with Gasteiger partial charge in [-0.25, -0.2) is 0 Å². The largest absolute Gasteiger partial charge is 0.507 e. The van der Waals surface area contributed by atoms with Crippen LogP contribution in [0.2, 0.25) is 0 Å². The Hall–Kier alpha value is -4.33. The minimum atomic E-state index is -0.872. The van der Waals surface area contributed by atoms with Crippen molar-refractivity contribution in [2.75, 3.05) is 10.2 Å². The maximum atomic E-state index is 13.1. The van der Waals surface area contributed by atoms with Gasteiger partial charge in [-0.15, -0.1) is 0 Å². The molecule has 1 aromatic carbocycles. The zero-order valence-electron chi connectivity index (χ0n) is 16.5. The molecule has 3 heterocycles.